The van der Waals surface area contributed by atoms with Gasteiger partial charge in [0.25, 0.3) is 0 Å². The minimum atomic E-state index is -4.64. The number of aliphatic imine (C=N–C) groups is 2. The van der Waals surface area contributed by atoms with Crippen LogP contribution in [0.1, 0.15) is 139 Å². The van der Waals surface area contributed by atoms with E-state index in [1.165, 1.54) is 100 Å². The van der Waals surface area contributed by atoms with Crippen molar-refractivity contribution in [3.05, 3.63) is 105 Å². The van der Waals surface area contributed by atoms with Crippen LogP contribution in [0.3, 0.4) is 0 Å². The summed E-state index contributed by atoms with van der Waals surface area (Å²) in [5, 5.41) is 0. The van der Waals surface area contributed by atoms with Crippen LogP contribution in [0.25, 0.3) is 17.7 Å². The van der Waals surface area contributed by atoms with Crippen molar-refractivity contribution in [2.24, 2.45) is 15.7 Å². The molecule has 2 aromatic heterocycles. The first kappa shape index (κ1) is 76.1. The Hall–Kier alpha value is -6.91. The average Bonchev–Trinajstić information content (AvgIpc) is 0.873. The van der Waals surface area contributed by atoms with E-state index in [0.717, 1.165) is 6.07 Å². The van der Waals surface area contributed by atoms with Gasteiger partial charge in [0.15, 0.2) is 48.5 Å². The van der Waals surface area contributed by atoms with Crippen molar-refractivity contribution in [1.29, 1.82) is 0 Å². The number of carbonyl (C=O) groups is 3. The molecule has 9 rings (SSSR count). The van der Waals surface area contributed by atoms with Crippen LogP contribution in [0, 0.1) is 11.6 Å². The largest absolute Gasteiger partial charge is 0.494 e. The Morgan fingerprint density at radius 1 is 0.628 bits per heavy atom. The molecule has 2 atom stereocenters. The second kappa shape index (κ2) is 27.7. The molecule has 1 fully saturated rings. The summed E-state index contributed by atoms with van der Waals surface area (Å²) in [6, 6.07) is 11.0. The van der Waals surface area contributed by atoms with Crippen molar-refractivity contribution < 1.29 is 99.7 Å². The molecule has 7 heterocycles. The van der Waals surface area contributed by atoms with Gasteiger partial charge < -0.3 is 43.5 Å². The van der Waals surface area contributed by atoms with Crippen molar-refractivity contribution in [2.75, 3.05) is 37.9 Å². The number of imide groups is 1. The lowest BCUT2D eigenvalue weighted by molar-refractivity contribution is -0.156. The summed E-state index contributed by atoms with van der Waals surface area (Å²) in [7, 11) is -8.74. The topological polar surface area (TPSA) is 273 Å². The van der Waals surface area contributed by atoms with E-state index in [0.29, 0.717) is 65.4 Å². The molecule has 0 radical (unpaired) electrons. The van der Waals surface area contributed by atoms with Gasteiger partial charge in [-0.25, -0.2) is 54.0 Å². The average molecular weight is 1480 g/mol. The molecule has 2 aromatic carbocycles. The van der Waals surface area contributed by atoms with Crippen LogP contribution < -0.4 is 30.1 Å². The molecule has 1 saturated heterocycles. The quantitative estimate of drug-likeness (QED) is 0.0813. The number of pyridine rings is 2. The fourth-order valence-electron chi connectivity index (χ4n) is 9.25. The summed E-state index contributed by atoms with van der Waals surface area (Å²) >= 11 is 1.82. The molecule has 0 saturated carbocycles. The molecule has 2 N–H and O–H groups in total. The van der Waals surface area contributed by atoms with E-state index < -0.39 is 129 Å². The zero-order valence-electron chi connectivity index (χ0n) is 54.6. The number of aromatic nitrogens is 2. The molecule has 4 aromatic rings. The lowest BCUT2D eigenvalue weighted by Gasteiger charge is -2.42. The maximum Gasteiger partial charge on any atom is 0.494 e. The molecular formula is C62H75BF7IN6O15S2. The number of fused-ring (bicyclic) bond motifs is 2. The number of halogens is 8. The predicted molar refractivity (Wildman–Crippen MR) is 347 cm³/mol. The number of hydrogen-bond donors (Lipinski definition) is 1. The van der Waals surface area contributed by atoms with E-state index >= 15 is 4.39 Å². The third kappa shape index (κ3) is 17.6. The second-order valence-electron chi connectivity index (χ2n) is 26.4. The maximum absolute atomic E-state index is 15.6. The van der Waals surface area contributed by atoms with Crippen LogP contribution in [0.5, 0.6) is 23.0 Å². The highest BCUT2D eigenvalue weighted by molar-refractivity contribution is 14.1. The molecule has 0 unspecified atom stereocenters. The van der Waals surface area contributed by atoms with Crippen LogP contribution in [-0.2, 0) is 54.3 Å². The fourth-order valence-corrected chi connectivity index (χ4v) is 13.0. The highest BCUT2D eigenvalue weighted by Crippen LogP contribution is 2.43. The van der Waals surface area contributed by atoms with E-state index in [9.17, 15) is 52.8 Å². The molecule has 0 bridgehead atoms. The minimum absolute atomic E-state index is 0.0104. The molecule has 5 aliphatic rings. The number of carbonyl (C=O) groups excluding carboxylic acids is 3. The Labute approximate surface area is 555 Å². The van der Waals surface area contributed by atoms with E-state index in [2.05, 4.69) is 20.0 Å². The highest BCUT2D eigenvalue weighted by atomic mass is 127. The van der Waals surface area contributed by atoms with Gasteiger partial charge in [0, 0.05) is 27.3 Å². The molecule has 2 amide bonds. The van der Waals surface area contributed by atoms with E-state index in [1.807, 2.05) is 50.3 Å². The zero-order valence-corrected chi connectivity index (χ0v) is 58.4. The standard InChI is InChI=1S/C29H44BFN2O8S.C22H23F2N3O4S.C9H7FINO2.C2HF3O/c1-24(2,3)38-22(34)33(23(35)39-25(4,5)6)21-26(7,8)42(36,37)17-29(13,32-21)19-16-18(14-15-20(19)31)30-40-27(9,10)28(11,12)41-30;1-21(2)20(25)27-22(3,12-32(21,28)29)14-8-13(4-5-15(14)23)9-16(24)17-10-18-19(11-26-17)31-7-6-30-18;10-6(4-11)7-3-8-9(5-12-7)14-2-1-13-8;3-2(4,5)1-6/h14-16H,17H2,1-13H3;4-5,8-11H,6-7,12H2,1-3H3,(H2,25,27);3-5H,1-2H2;1H/b;16-9-;6-4-;/t29-;22-;;/m00../s1. The first-order chi connectivity index (χ1) is 42.9. The van der Waals surface area contributed by atoms with Gasteiger partial charge in [-0.1, -0.05) is 18.2 Å². The monoisotopic (exact) mass is 1480 g/mol. The molecule has 32 heteroatoms. The summed E-state index contributed by atoms with van der Waals surface area (Å²) in [5.74, 6) is -2.06. The molecule has 5 aliphatic heterocycles. The number of alkyl halides is 3. The van der Waals surface area contributed by atoms with Crippen molar-refractivity contribution in [2.45, 2.75) is 160 Å². The van der Waals surface area contributed by atoms with Crippen LogP contribution in [0.4, 0.5) is 40.3 Å². The van der Waals surface area contributed by atoms with Crippen LogP contribution >= 0.6 is 22.6 Å². The predicted octanol–water partition coefficient (Wildman–Crippen LogP) is 11.7. The Kier molecular flexibility index (Phi) is 22.4. The van der Waals surface area contributed by atoms with Gasteiger partial charge in [0.2, 0.25) is 6.29 Å². The summed E-state index contributed by atoms with van der Waals surface area (Å²) in [6.45, 7) is 27.4. The van der Waals surface area contributed by atoms with Crippen LogP contribution in [0.2, 0.25) is 0 Å². The molecular weight excluding hydrogens is 1400 g/mol. The number of sulfone groups is 2. The maximum atomic E-state index is 15.6. The lowest BCUT2D eigenvalue weighted by Crippen LogP contribution is -2.61. The minimum Gasteiger partial charge on any atom is -0.486 e. The summed E-state index contributed by atoms with van der Waals surface area (Å²) in [5.41, 5.74) is 0.341. The molecule has 94 heavy (non-hydrogen) atoms. The van der Waals surface area contributed by atoms with Crippen molar-refractivity contribution in [1.82, 2.24) is 14.9 Å². The Bertz CT molecular complexity index is 3890. The van der Waals surface area contributed by atoms with E-state index in [-0.39, 0.29) is 34.2 Å². The Morgan fingerprint density at radius 3 is 1.46 bits per heavy atom. The van der Waals surface area contributed by atoms with Gasteiger partial charge in [-0.05, 0) is 169 Å². The third-order valence-electron chi connectivity index (χ3n) is 15.3. The summed E-state index contributed by atoms with van der Waals surface area (Å²) in [6.07, 6.45) is -4.01. The number of benzene rings is 2. The summed E-state index contributed by atoms with van der Waals surface area (Å²) in [4.78, 5) is 53.1. The van der Waals surface area contributed by atoms with E-state index in [4.69, 9.17) is 48.3 Å². The number of nitrogens with zero attached hydrogens (tertiary/aromatic N) is 5. The second-order valence-corrected chi connectivity index (χ2v) is 32.1. The van der Waals surface area contributed by atoms with Gasteiger partial charge in [0.1, 0.15) is 98.7 Å². The molecule has 21 nitrogen and oxygen atoms in total. The summed E-state index contributed by atoms with van der Waals surface area (Å²) < 4.78 is 186. The number of rotatable bonds is 6. The smallest absolute Gasteiger partial charge is 0.486 e. The normalized spacial score (nSPS) is 22.1. The van der Waals surface area contributed by atoms with Gasteiger partial charge in [0.05, 0.1) is 35.1 Å². The number of hydrogen-bond acceptors (Lipinski definition) is 20. The number of amides is 2. The van der Waals surface area contributed by atoms with Gasteiger partial charge in [-0.2, -0.15) is 18.1 Å². The highest BCUT2D eigenvalue weighted by Gasteiger charge is 2.57. The number of aldehydes is 1. The number of amidine groups is 2. The first-order valence-electron chi connectivity index (χ1n) is 28.9. The Balaban J connectivity index is 0.000000234. The fraction of sp³-hybridized carbons (Fsp3) is 0.500. The molecule has 0 spiro atoms. The van der Waals surface area contributed by atoms with Crippen molar-refractivity contribution in [3.63, 3.8) is 0 Å². The van der Waals surface area contributed by atoms with Crippen LogP contribution in [-0.4, -0.2) is 145 Å². The van der Waals surface area contributed by atoms with Crippen molar-refractivity contribution >= 4 is 103 Å². The van der Waals surface area contributed by atoms with Gasteiger partial charge >= 0.3 is 25.5 Å². The van der Waals surface area contributed by atoms with Crippen molar-refractivity contribution in [3.8, 4) is 23.0 Å². The lowest BCUT2D eigenvalue weighted by atomic mass is 9.76. The van der Waals surface area contributed by atoms with E-state index in [1.54, 1.807) is 47.6 Å². The molecule has 0 aliphatic carbocycles. The van der Waals surface area contributed by atoms with Gasteiger partial charge in [-0.3, -0.25) is 14.8 Å². The third-order valence-corrected chi connectivity index (χ3v) is 21.2. The zero-order chi connectivity index (χ0) is 71.0. The van der Waals surface area contributed by atoms with Crippen LogP contribution in [0.15, 0.2) is 75.0 Å². The number of nitrogens with two attached hydrogens (primary N) is 1. The number of ether oxygens (including phenoxy) is 6. The Morgan fingerprint density at radius 2 is 1.03 bits per heavy atom. The SMILES string of the molecule is CC(C)(C)OC(=O)N(C(=O)OC(C)(C)C)C1=N[C@](C)(c2cc(B3OC(C)(C)C(C)(C)O3)ccc2F)CS(=O)(=O)C1(C)C.CC1(C)C(N)=N[C@](C)(c2cc(/C=C(\F)c3cc4c(cn3)OCCO4)ccc2F)CS1(=O)=O.F/C(=C\I)c1cc2c(cn1)OCCO2.O=CC(F)(F)F. The van der Waals surface area contributed by atoms with Gasteiger partial charge in [-0.15, -0.1) is 0 Å². The molecule has 514 valence electrons. The first-order valence-corrected chi connectivity index (χ1v) is 33.5.